The average molecular weight is 363 g/mol. The van der Waals surface area contributed by atoms with E-state index < -0.39 is 0 Å². The number of aromatic nitrogens is 3. The molecule has 0 aliphatic carbocycles. The van der Waals surface area contributed by atoms with Crippen LogP contribution in [0.25, 0.3) is 0 Å². The molecule has 1 aliphatic rings. The molecule has 7 nitrogen and oxygen atoms in total. The fourth-order valence-corrected chi connectivity index (χ4v) is 4.09. The molecular weight excluding hydrogens is 338 g/mol. The third-order valence-corrected chi connectivity index (χ3v) is 5.39. The maximum Gasteiger partial charge on any atom is 0.248 e. The number of rotatable bonds is 6. The number of amides is 1. The molecule has 2 aromatic heterocycles. The van der Waals surface area contributed by atoms with Gasteiger partial charge in [-0.25, -0.2) is 0 Å². The predicted octanol–water partition coefficient (Wildman–Crippen LogP) is 1.39. The van der Waals surface area contributed by atoms with Gasteiger partial charge in [-0.1, -0.05) is 5.21 Å². The molecule has 1 aliphatic heterocycles. The van der Waals surface area contributed by atoms with E-state index >= 15 is 0 Å². The third-order valence-electron chi connectivity index (χ3n) is 4.40. The average Bonchev–Trinajstić information content (AvgIpc) is 3.13. The van der Waals surface area contributed by atoms with Gasteiger partial charge in [0.1, 0.15) is 12.3 Å². The molecule has 0 N–H and O–H groups in total. The zero-order valence-electron chi connectivity index (χ0n) is 15.2. The number of hydrogen-bond acceptors (Lipinski definition) is 6. The van der Waals surface area contributed by atoms with Crippen molar-refractivity contribution in [3.05, 3.63) is 33.3 Å². The second-order valence-corrected chi connectivity index (χ2v) is 8.10. The van der Waals surface area contributed by atoms with Crippen molar-refractivity contribution in [1.82, 2.24) is 24.8 Å². The monoisotopic (exact) mass is 363 g/mol. The minimum atomic E-state index is -0.0231. The summed E-state index contributed by atoms with van der Waals surface area (Å²) in [7, 11) is 5.39. The van der Waals surface area contributed by atoms with E-state index in [9.17, 15) is 4.79 Å². The lowest BCUT2D eigenvalue weighted by atomic mass is 9.99. The number of fused-ring (bicyclic) bond motifs is 1. The lowest BCUT2D eigenvalue weighted by molar-refractivity contribution is -0.133. The van der Waals surface area contributed by atoms with Crippen molar-refractivity contribution in [3.8, 4) is 0 Å². The molecular formula is C17H25N5O2S. The van der Waals surface area contributed by atoms with Crippen molar-refractivity contribution in [2.45, 2.75) is 25.9 Å². The van der Waals surface area contributed by atoms with Gasteiger partial charge in [0.2, 0.25) is 5.91 Å². The number of carbonyl (C=O) groups excluding carboxylic acids is 1. The molecule has 0 unspecified atom stereocenters. The van der Waals surface area contributed by atoms with Gasteiger partial charge in [-0.3, -0.25) is 14.4 Å². The number of nitrogens with zero attached hydrogens (tertiary/aromatic N) is 5. The highest BCUT2D eigenvalue weighted by molar-refractivity contribution is 7.11. The van der Waals surface area contributed by atoms with E-state index in [-0.39, 0.29) is 18.4 Å². The number of thiophene rings is 1. The molecule has 0 radical (unpaired) electrons. The first-order valence-corrected chi connectivity index (χ1v) is 9.19. The fraction of sp³-hybridized carbons (Fsp3) is 0.588. The molecule has 8 heteroatoms. The van der Waals surface area contributed by atoms with Crippen LogP contribution in [0.5, 0.6) is 0 Å². The fourth-order valence-electron chi connectivity index (χ4n) is 3.15. The molecule has 0 saturated carbocycles. The summed E-state index contributed by atoms with van der Waals surface area (Å²) < 4.78 is 7.53. The van der Waals surface area contributed by atoms with Gasteiger partial charge in [0.25, 0.3) is 0 Å². The Morgan fingerprint density at radius 1 is 1.44 bits per heavy atom. The normalized spacial score (nSPS) is 17.5. The number of aryl methyl sites for hydroxylation is 2. The number of likely N-dealkylation sites (N-methyl/N-ethyl adjacent to an activating group) is 1. The Hall–Kier alpha value is -1.77. The molecule has 0 saturated heterocycles. The summed E-state index contributed by atoms with van der Waals surface area (Å²) in [5, 5.41) is 8.50. The zero-order valence-corrected chi connectivity index (χ0v) is 16.0. The molecule has 0 fully saturated rings. The van der Waals surface area contributed by atoms with E-state index in [1.807, 2.05) is 23.1 Å². The lowest BCUT2D eigenvalue weighted by Gasteiger charge is -2.31. The Morgan fingerprint density at radius 3 is 2.92 bits per heavy atom. The van der Waals surface area contributed by atoms with E-state index in [0.717, 1.165) is 31.0 Å². The second kappa shape index (κ2) is 7.63. The van der Waals surface area contributed by atoms with E-state index in [2.05, 4.69) is 34.3 Å². The van der Waals surface area contributed by atoms with Gasteiger partial charge < -0.3 is 9.64 Å². The summed E-state index contributed by atoms with van der Waals surface area (Å²) >= 11 is 1.83. The first kappa shape index (κ1) is 18.0. The van der Waals surface area contributed by atoms with E-state index in [0.29, 0.717) is 6.61 Å². The Bertz CT molecular complexity index is 739. The van der Waals surface area contributed by atoms with Crippen LogP contribution < -0.4 is 0 Å². The van der Waals surface area contributed by atoms with Gasteiger partial charge in [0.05, 0.1) is 12.3 Å². The van der Waals surface area contributed by atoms with Crippen molar-refractivity contribution in [3.63, 3.8) is 0 Å². The Balaban J connectivity index is 1.67. The summed E-state index contributed by atoms with van der Waals surface area (Å²) in [4.78, 5) is 18.3. The van der Waals surface area contributed by atoms with Crippen molar-refractivity contribution in [2.24, 2.45) is 7.05 Å². The molecule has 0 bridgehead atoms. The summed E-state index contributed by atoms with van der Waals surface area (Å²) in [6.45, 7) is 5.31. The first-order valence-electron chi connectivity index (χ1n) is 8.38. The van der Waals surface area contributed by atoms with Crippen LogP contribution in [0.1, 0.15) is 27.1 Å². The minimum absolute atomic E-state index is 0.0231. The van der Waals surface area contributed by atoms with Gasteiger partial charge in [-0.2, -0.15) is 0 Å². The highest BCUT2D eigenvalue weighted by atomic mass is 32.1. The topological polar surface area (TPSA) is 63.5 Å². The van der Waals surface area contributed by atoms with E-state index in [4.69, 9.17) is 4.74 Å². The molecule has 136 valence electrons. The van der Waals surface area contributed by atoms with Gasteiger partial charge in [0.15, 0.2) is 0 Å². The Morgan fingerprint density at radius 2 is 2.24 bits per heavy atom. The predicted molar refractivity (Wildman–Crippen MR) is 96.4 cm³/mol. The molecule has 3 rings (SSSR count). The number of hydrogen-bond donors (Lipinski definition) is 0. The molecule has 0 aromatic carbocycles. The number of ether oxygens (including phenoxy) is 1. The van der Waals surface area contributed by atoms with Crippen molar-refractivity contribution in [1.29, 1.82) is 0 Å². The Labute approximate surface area is 152 Å². The standard InChI is InChI=1S/C17H25N5O2S/c1-12-5-6-14(25-12)8-22-7-13(10-24-11-16(23)20(2)3)17-15(9-22)18-19-21(17)4/h5-6,13H,7-11H2,1-4H3/t13-/m1/s1. The summed E-state index contributed by atoms with van der Waals surface area (Å²) in [6.07, 6.45) is 0. The van der Waals surface area contributed by atoms with E-state index in [1.54, 1.807) is 19.0 Å². The molecule has 0 spiro atoms. The Kier molecular flexibility index (Phi) is 5.51. The second-order valence-electron chi connectivity index (χ2n) is 6.73. The van der Waals surface area contributed by atoms with Crippen LogP contribution in [0.2, 0.25) is 0 Å². The highest BCUT2D eigenvalue weighted by Gasteiger charge is 2.30. The molecule has 1 atom stereocenters. The molecule has 25 heavy (non-hydrogen) atoms. The minimum Gasteiger partial charge on any atom is -0.371 e. The molecule has 2 aromatic rings. The quantitative estimate of drug-likeness (QED) is 0.776. The molecule has 1 amide bonds. The van der Waals surface area contributed by atoms with Crippen molar-refractivity contribution < 1.29 is 9.53 Å². The van der Waals surface area contributed by atoms with Crippen LogP contribution in [0.15, 0.2) is 12.1 Å². The van der Waals surface area contributed by atoms with Gasteiger partial charge in [-0.05, 0) is 19.1 Å². The van der Waals surface area contributed by atoms with Gasteiger partial charge >= 0.3 is 0 Å². The third kappa shape index (κ3) is 4.26. The van der Waals surface area contributed by atoms with E-state index in [1.165, 1.54) is 9.75 Å². The first-order chi connectivity index (χ1) is 11.9. The highest BCUT2D eigenvalue weighted by Crippen LogP contribution is 2.29. The maximum atomic E-state index is 11.7. The summed E-state index contributed by atoms with van der Waals surface area (Å²) in [6, 6.07) is 4.35. The van der Waals surface area contributed by atoms with Crippen LogP contribution in [-0.4, -0.2) is 64.6 Å². The van der Waals surface area contributed by atoms with Crippen LogP contribution in [0.3, 0.4) is 0 Å². The van der Waals surface area contributed by atoms with Gasteiger partial charge in [-0.15, -0.1) is 16.4 Å². The number of carbonyl (C=O) groups is 1. The van der Waals surface area contributed by atoms with Gasteiger partial charge in [0, 0.05) is 56.4 Å². The summed E-state index contributed by atoms with van der Waals surface area (Å²) in [5.41, 5.74) is 2.13. The molecule has 3 heterocycles. The maximum absolute atomic E-state index is 11.7. The SMILES string of the molecule is Cc1ccc(CN2Cc3nnn(C)c3[C@@H](COCC(=O)N(C)C)C2)s1. The zero-order chi connectivity index (χ0) is 18.0. The smallest absolute Gasteiger partial charge is 0.248 e. The van der Waals surface area contributed by atoms with Crippen LogP contribution in [0, 0.1) is 6.92 Å². The largest absolute Gasteiger partial charge is 0.371 e. The van der Waals surface area contributed by atoms with Crippen molar-refractivity contribution >= 4 is 17.2 Å². The van der Waals surface area contributed by atoms with Crippen LogP contribution >= 0.6 is 11.3 Å². The lowest BCUT2D eigenvalue weighted by Crippen LogP contribution is -2.36. The summed E-state index contributed by atoms with van der Waals surface area (Å²) in [5.74, 6) is 0.143. The van der Waals surface area contributed by atoms with Crippen LogP contribution in [0.4, 0.5) is 0 Å². The van der Waals surface area contributed by atoms with Crippen LogP contribution in [-0.2, 0) is 29.7 Å². The van der Waals surface area contributed by atoms with Crippen molar-refractivity contribution in [2.75, 3.05) is 33.9 Å².